The van der Waals surface area contributed by atoms with E-state index in [1.54, 1.807) is 0 Å². The molecular weight excluding hydrogens is 304 g/mol. The van der Waals surface area contributed by atoms with Crippen molar-refractivity contribution in [1.29, 1.82) is 0 Å². The van der Waals surface area contributed by atoms with Crippen molar-refractivity contribution >= 4 is 23.2 Å². The van der Waals surface area contributed by atoms with E-state index < -0.39 is 18.4 Å². The molecule has 2 aliphatic heterocycles. The van der Waals surface area contributed by atoms with Crippen molar-refractivity contribution in [1.82, 2.24) is 9.97 Å². The first-order chi connectivity index (χ1) is 9.87. The van der Waals surface area contributed by atoms with E-state index in [1.165, 1.54) is 6.20 Å². The van der Waals surface area contributed by atoms with Crippen LogP contribution in [0, 0.1) is 5.92 Å². The summed E-state index contributed by atoms with van der Waals surface area (Å²) in [6.45, 7) is 0.809. The number of fused-ring (bicyclic) bond motifs is 3. The van der Waals surface area contributed by atoms with Crippen molar-refractivity contribution in [3.05, 3.63) is 17.2 Å². The lowest BCUT2D eigenvalue weighted by Crippen LogP contribution is -2.50. The van der Waals surface area contributed by atoms with E-state index in [4.69, 9.17) is 16.3 Å². The summed E-state index contributed by atoms with van der Waals surface area (Å²) >= 11 is 5.82. The maximum absolute atomic E-state index is 13.4. The van der Waals surface area contributed by atoms with Crippen LogP contribution >= 0.6 is 11.6 Å². The van der Waals surface area contributed by atoms with Crippen molar-refractivity contribution in [2.45, 2.75) is 25.2 Å². The van der Waals surface area contributed by atoms with E-state index in [-0.39, 0.29) is 23.7 Å². The van der Waals surface area contributed by atoms with Gasteiger partial charge in [0.25, 0.3) is 5.92 Å². The molecule has 3 rings (SSSR count). The number of anilines is 1. The highest BCUT2D eigenvalue weighted by atomic mass is 35.5. The third kappa shape index (κ3) is 2.72. The van der Waals surface area contributed by atoms with Gasteiger partial charge in [-0.2, -0.15) is 0 Å². The van der Waals surface area contributed by atoms with E-state index in [0.29, 0.717) is 24.4 Å². The highest BCUT2D eigenvalue weighted by Gasteiger charge is 2.45. The molecule has 1 fully saturated rings. The van der Waals surface area contributed by atoms with Crippen molar-refractivity contribution in [2.75, 3.05) is 24.7 Å². The molecule has 1 aromatic heterocycles. The molecule has 8 heteroatoms. The summed E-state index contributed by atoms with van der Waals surface area (Å²) in [7, 11) is 0. The van der Waals surface area contributed by atoms with Crippen molar-refractivity contribution in [3.8, 4) is 0 Å². The van der Waals surface area contributed by atoms with Crippen LogP contribution in [0.3, 0.4) is 0 Å². The number of nitrogens with zero attached hydrogens (tertiary/aromatic N) is 3. The van der Waals surface area contributed by atoms with E-state index in [9.17, 15) is 13.6 Å². The Hall–Kier alpha value is -1.34. The molecule has 0 aliphatic carbocycles. The first-order valence-electron chi connectivity index (χ1n) is 6.66. The number of carbonyl (C=O) groups is 1. The van der Waals surface area contributed by atoms with Gasteiger partial charge in [-0.1, -0.05) is 0 Å². The first kappa shape index (κ1) is 14.6. The molecule has 0 radical (unpaired) electrons. The molecule has 2 aliphatic rings. The number of hydrogen-bond donors (Lipinski definition) is 0. The van der Waals surface area contributed by atoms with Crippen molar-refractivity contribution in [3.63, 3.8) is 0 Å². The second-order valence-electron chi connectivity index (χ2n) is 5.48. The largest absolute Gasteiger partial charge is 0.381 e. The normalized spacial score (nSPS) is 25.5. The van der Waals surface area contributed by atoms with Gasteiger partial charge in [-0.25, -0.2) is 18.7 Å². The third-order valence-corrected chi connectivity index (χ3v) is 3.97. The number of alkyl halides is 2. The molecule has 21 heavy (non-hydrogen) atoms. The number of carbonyl (C=O) groups excluding carboxylic acids is 1. The second kappa shape index (κ2) is 5.14. The highest BCUT2D eigenvalue weighted by molar-refractivity contribution is 6.28. The molecule has 3 heterocycles. The summed E-state index contributed by atoms with van der Waals surface area (Å²) in [6.07, 6.45) is 1.97. The number of aromatic nitrogens is 2. The molecule has 5 nitrogen and oxygen atoms in total. The SMILES string of the molecule is CC(F)(F)CN1C(=O)C2COCCC2c2nc(Cl)ncc21. The Labute approximate surface area is 125 Å². The minimum absolute atomic E-state index is 0.0524. The smallest absolute Gasteiger partial charge is 0.263 e. The fourth-order valence-corrected chi connectivity index (χ4v) is 3.05. The van der Waals surface area contributed by atoms with E-state index in [2.05, 4.69) is 9.97 Å². The zero-order valence-corrected chi connectivity index (χ0v) is 12.1. The minimum Gasteiger partial charge on any atom is -0.381 e. The van der Waals surface area contributed by atoms with Crippen molar-refractivity contribution < 1.29 is 18.3 Å². The summed E-state index contributed by atoms with van der Waals surface area (Å²) in [5.41, 5.74) is 0.890. The van der Waals surface area contributed by atoms with Crippen LogP contribution < -0.4 is 4.90 Å². The zero-order valence-electron chi connectivity index (χ0n) is 11.4. The second-order valence-corrected chi connectivity index (χ2v) is 5.82. The highest BCUT2D eigenvalue weighted by Crippen LogP contribution is 2.42. The molecule has 114 valence electrons. The molecule has 2 unspecified atom stereocenters. The average Bonchev–Trinajstić information content (AvgIpc) is 2.42. The Morgan fingerprint density at radius 1 is 1.52 bits per heavy atom. The van der Waals surface area contributed by atoms with E-state index >= 15 is 0 Å². The fourth-order valence-electron chi connectivity index (χ4n) is 2.92. The zero-order chi connectivity index (χ0) is 15.2. The van der Waals surface area contributed by atoms with Crippen LogP contribution in [0.15, 0.2) is 6.20 Å². The van der Waals surface area contributed by atoms with Gasteiger partial charge in [-0.05, 0) is 18.0 Å². The Morgan fingerprint density at radius 3 is 3.00 bits per heavy atom. The quantitative estimate of drug-likeness (QED) is 0.785. The van der Waals surface area contributed by atoms with E-state index in [1.807, 2.05) is 0 Å². The van der Waals surface area contributed by atoms with E-state index in [0.717, 1.165) is 11.8 Å². The van der Waals surface area contributed by atoms with Gasteiger partial charge in [0.05, 0.1) is 36.6 Å². The Morgan fingerprint density at radius 2 is 2.29 bits per heavy atom. The van der Waals surface area contributed by atoms with Crippen LogP contribution in [0.4, 0.5) is 14.5 Å². The molecule has 0 aromatic carbocycles. The Kier molecular flexibility index (Phi) is 3.57. The molecule has 2 atom stereocenters. The average molecular weight is 318 g/mol. The molecule has 1 saturated heterocycles. The van der Waals surface area contributed by atoms with Crippen LogP contribution in [0.2, 0.25) is 5.28 Å². The third-order valence-electron chi connectivity index (χ3n) is 3.79. The van der Waals surface area contributed by atoms with Gasteiger partial charge in [0.15, 0.2) is 0 Å². The predicted octanol–water partition coefficient (Wildman–Crippen LogP) is 2.25. The molecular formula is C13H14ClF2N3O2. The van der Waals surface area contributed by atoms with Crippen LogP contribution in [0.1, 0.15) is 25.0 Å². The molecule has 0 saturated carbocycles. The first-order valence-corrected chi connectivity index (χ1v) is 7.04. The van der Waals surface area contributed by atoms with Crippen LogP contribution in [0.5, 0.6) is 0 Å². The van der Waals surface area contributed by atoms with Gasteiger partial charge in [0.2, 0.25) is 11.2 Å². The van der Waals surface area contributed by atoms with Crippen LogP contribution in [-0.2, 0) is 9.53 Å². The molecule has 0 N–H and O–H groups in total. The molecule has 1 aromatic rings. The Balaban J connectivity index is 2.07. The molecule has 0 bridgehead atoms. The monoisotopic (exact) mass is 317 g/mol. The summed E-state index contributed by atoms with van der Waals surface area (Å²) < 4.78 is 32.1. The number of amides is 1. The predicted molar refractivity (Wildman–Crippen MR) is 71.7 cm³/mol. The maximum Gasteiger partial charge on any atom is 0.263 e. The summed E-state index contributed by atoms with van der Waals surface area (Å²) in [4.78, 5) is 21.6. The summed E-state index contributed by atoms with van der Waals surface area (Å²) in [6, 6.07) is 0. The maximum atomic E-state index is 13.4. The number of ether oxygens (including phenoxy) is 1. The van der Waals surface area contributed by atoms with Crippen LogP contribution in [0.25, 0.3) is 0 Å². The summed E-state index contributed by atoms with van der Waals surface area (Å²) in [5, 5.41) is 0.0524. The van der Waals surface area contributed by atoms with Gasteiger partial charge in [-0.3, -0.25) is 4.79 Å². The topological polar surface area (TPSA) is 55.3 Å². The van der Waals surface area contributed by atoms with Gasteiger partial charge >= 0.3 is 0 Å². The number of hydrogen-bond acceptors (Lipinski definition) is 4. The fraction of sp³-hybridized carbons (Fsp3) is 0.615. The molecule has 0 spiro atoms. The summed E-state index contributed by atoms with van der Waals surface area (Å²) in [5.74, 6) is -4.00. The van der Waals surface area contributed by atoms with Gasteiger partial charge in [0, 0.05) is 19.4 Å². The molecule has 1 amide bonds. The number of halogens is 3. The lowest BCUT2D eigenvalue weighted by atomic mass is 9.81. The van der Waals surface area contributed by atoms with Crippen molar-refractivity contribution in [2.24, 2.45) is 5.92 Å². The standard InChI is InChI=1S/C13H14ClF2N3O2/c1-13(15,16)6-19-9-4-17-12(14)18-10(9)7-2-3-21-5-8(7)11(19)20/h4,7-8H,2-3,5-6H2,1H3. The van der Waals surface area contributed by atoms with Gasteiger partial charge < -0.3 is 9.64 Å². The van der Waals surface area contributed by atoms with Gasteiger partial charge in [0.1, 0.15) is 0 Å². The number of rotatable bonds is 2. The van der Waals surface area contributed by atoms with Crippen LogP contribution in [-0.4, -0.2) is 41.6 Å². The van der Waals surface area contributed by atoms with Gasteiger partial charge in [-0.15, -0.1) is 0 Å². The lowest BCUT2D eigenvalue weighted by Gasteiger charge is -2.41. The Bertz CT molecular complexity index is 579. The lowest BCUT2D eigenvalue weighted by molar-refractivity contribution is -0.129. The minimum atomic E-state index is -3.01.